The number of hydrogen-bond donors (Lipinski definition) is 3. The molecule has 13 nitrogen and oxygen atoms in total. The van der Waals surface area contributed by atoms with Crippen LogP contribution in [-0.2, 0) is 30.6 Å². The van der Waals surface area contributed by atoms with Gasteiger partial charge in [-0.05, 0) is 38.5 Å². The van der Waals surface area contributed by atoms with Crippen LogP contribution in [0.4, 0.5) is 0 Å². The number of rotatable bonds is 10. The lowest BCUT2D eigenvalue weighted by atomic mass is 10.0. The molecule has 0 saturated carbocycles. The molecule has 41 heavy (non-hydrogen) atoms. The lowest BCUT2D eigenvalue weighted by molar-refractivity contribution is -0.689. The number of β-lactam (4-membered cyclic amide) rings is 1. The summed E-state index contributed by atoms with van der Waals surface area (Å²) in [6, 6.07) is 4.69. The molecule has 0 aromatic carbocycles. The van der Waals surface area contributed by atoms with Gasteiger partial charge in [-0.2, -0.15) is 5.26 Å². The summed E-state index contributed by atoms with van der Waals surface area (Å²) in [7, 11) is 0. The van der Waals surface area contributed by atoms with Crippen LogP contribution in [0.2, 0.25) is 0 Å². The van der Waals surface area contributed by atoms with Gasteiger partial charge in [0, 0.05) is 46.5 Å². The summed E-state index contributed by atoms with van der Waals surface area (Å²) >= 11 is 1.36. The van der Waals surface area contributed by atoms with Gasteiger partial charge in [-0.15, -0.1) is 11.8 Å². The highest BCUT2D eigenvalue weighted by Crippen LogP contribution is 2.40. The molecule has 2 unspecified atom stereocenters. The number of H-pyrrole nitrogens is 1. The van der Waals surface area contributed by atoms with E-state index in [4.69, 9.17) is 10.1 Å². The Kier molecular flexibility index (Phi) is 8.88. The van der Waals surface area contributed by atoms with E-state index in [1.54, 1.807) is 49.3 Å². The van der Waals surface area contributed by atoms with Crippen molar-refractivity contribution in [3.8, 4) is 17.3 Å². The molecule has 0 radical (unpaired) electrons. The Morgan fingerprint density at radius 2 is 2.02 bits per heavy atom. The fourth-order valence-corrected chi connectivity index (χ4v) is 5.66. The maximum absolute atomic E-state index is 12.9. The minimum Gasteiger partial charge on any atom is -0.543 e. The zero-order valence-corrected chi connectivity index (χ0v) is 23.3. The predicted octanol–water partition coefficient (Wildman–Crippen LogP) is -0.214. The highest BCUT2D eigenvalue weighted by molar-refractivity contribution is 8.00. The molecule has 14 heteroatoms. The number of thioether (sulfide) groups is 1. The van der Waals surface area contributed by atoms with Gasteiger partial charge in [0.1, 0.15) is 23.7 Å². The fraction of sp³-hybridized carbons (Fsp3) is 0.296. The van der Waals surface area contributed by atoms with Crippen molar-refractivity contribution in [1.29, 1.82) is 5.26 Å². The van der Waals surface area contributed by atoms with Crippen molar-refractivity contribution in [2.45, 2.75) is 38.7 Å². The number of oxime groups is 1. The van der Waals surface area contributed by atoms with Gasteiger partial charge in [-0.25, -0.2) is 4.57 Å². The van der Waals surface area contributed by atoms with Crippen LogP contribution in [0, 0.1) is 11.5 Å². The predicted molar refractivity (Wildman–Crippen MR) is 146 cm³/mol. The highest BCUT2D eigenvalue weighted by Gasteiger charge is 2.53. The van der Waals surface area contributed by atoms with Crippen molar-refractivity contribution in [2.24, 2.45) is 5.16 Å². The number of nitrogens with one attached hydrogen (secondary N) is 3. The minimum absolute atomic E-state index is 0.0561. The summed E-state index contributed by atoms with van der Waals surface area (Å²) in [5.41, 5.74) is 3.18. The normalized spacial score (nSPS) is 18.7. The second kappa shape index (κ2) is 12.5. The van der Waals surface area contributed by atoms with Gasteiger partial charge in [0.15, 0.2) is 25.1 Å². The van der Waals surface area contributed by atoms with Crippen molar-refractivity contribution in [2.75, 3.05) is 12.4 Å². The van der Waals surface area contributed by atoms with Gasteiger partial charge in [0.2, 0.25) is 0 Å². The Hall–Kier alpha value is -4.90. The molecule has 2 aromatic heterocycles. The van der Waals surface area contributed by atoms with Crippen molar-refractivity contribution in [3.63, 3.8) is 0 Å². The van der Waals surface area contributed by atoms with Gasteiger partial charge >= 0.3 is 0 Å². The number of nitrogens with zero attached hydrogens (tertiary/aromatic N) is 4. The average Bonchev–Trinajstić information content (AvgIpc) is 3.42. The van der Waals surface area contributed by atoms with E-state index >= 15 is 0 Å². The van der Waals surface area contributed by atoms with E-state index in [2.05, 4.69) is 20.8 Å². The lowest BCUT2D eigenvalue weighted by Crippen LogP contribution is -2.71. The van der Waals surface area contributed by atoms with E-state index in [9.17, 15) is 24.3 Å². The quantitative estimate of drug-likeness (QED) is 0.0659. The molecule has 0 bridgehead atoms. The first kappa shape index (κ1) is 29.1. The zero-order valence-electron chi connectivity index (χ0n) is 22.5. The van der Waals surface area contributed by atoms with E-state index in [-0.39, 0.29) is 18.0 Å². The largest absolute Gasteiger partial charge is 0.543 e. The summed E-state index contributed by atoms with van der Waals surface area (Å²) in [5, 5.41) is 28.5. The molecule has 0 aliphatic carbocycles. The molecule has 3 N–H and O–H groups in total. The fourth-order valence-electron chi connectivity index (χ4n) is 4.33. The maximum atomic E-state index is 12.9. The highest BCUT2D eigenvalue weighted by atomic mass is 32.2. The average molecular weight is 578 g/mol. The molecule has 212 valence electrons. The standard InChI is InChI=1S/C27H27N7O6S/c1-4-40-32-16(3)24(36)31-21-25(37)34-22(27(38)39)19(13-41-26(21)34)12-33-7-5-17(6-8-33)18-10-20(29-11-18)9-15(2)23(35)30-14-28/h5-11,21,26H,4,12-13H2,1-3H3,(H3,30,31,35,36,38,39)/b15-9+,32-16+. The molecule has 1 saturated heterocycles. The third kappa shape index (κ3) is 6.30. The van der Waals surface area contributed by atoms with Gasteiger partial charge in [0.25, 0.3) is 17.7 Å². The molecule has 0 spiro atoms. The molecule has 2 aromatic rings. The number of aromatic nitrogens is 2. The number of amides is 3. The monoisotopic (exact) mass is 577 g/mol. The van der Waals surface area contributed by atoms with Crippen LogP contribution in [-0.4, -0.2) is 63.1 Å². The number of aliphatic carboxylic acids is 1. The minimum atomic E-state index is -1.46. The van der Waals surface area contributed by atoms with Crippen LogP contribution in [0.5, 0.6) is 0 Å². The number of carboxylic acid groups (broad SMARTS) is 1. The number of nitriles is 1. The third-order valence-electron chi connectivity index (χ3n) is 6.39. The van der Waals surface area contributed by atoms with Crippen molar-refractivity contribution < 1.29 is 33.7 Å². The van der Waals surface area contributed by atoms with Crippen LogP contribution in [0.1, 0.15) is 26.5 Å². The molecular weight excluding hydrogens is 550 g/mol. The Morgan fingerprint density at radius 3 is 2.68 bits per heavy atom. The smallest absolute Gasteiger partial charge is 0.269 e. The summed E-state index contributed by atoms with van der Waals surface area (Å²) < 4.78 is 1.80. The van der Waals surface area contributed by atoms with E-state index in [0.717, 1.165) is 11.1 Å². The molecule has 2 aliphatic heterocycles. The first-order valence-corrected chi connectivity index (χ1v) is 13.6. The summed E-state index contributed by atoms with van der Waals surface area (Å²) in [6.45, 7) is 5.29. The number of carbonyl (C=O) groups excluding carboxylic acids is 4. The molecular formula is C27H27N7O6S. The van der Waals surface area contributed by atoms with Gasteiger partial charge < -0.3 is 25.0 Å². The molecule has 2 atom stereocenters. The van der Waals surface area contributed by atoms with Gasteiger partial charge in [-0.3, -0.25) is 24.6 Å². The number of aromatic amines is 1. The van der Waals surface area contributed by atoms with Crippen LogP contribution >= 0.6 is 11.8 Å². The molecule has 4 rings (SSSR count). The number of fused-ring (bicyclic) bond motifs is 1. The van der Waals surface area contributed by atoms with E-state index in [1.807, 2.05) is 18.2 Å². The molecule has 3 amide bonds. The van der Waals surface area contributed by atoms with Crippen molar-refractivity contribution in [3.05, 3.63) is 59.3 Å². The second-order valence-electron chi connectivity index (χ2n) is 9.19. The number of carboxylic acids is 1. The summed E-state index contributed by atoms with van der Waals surface area (Å²) in [5.74, 6) is -2.71. The first-order chi connectivity index (χ1) is 19.6. The molecule has 4 heterocycles. The lowest BCUT2D eigenvalue weighted by Gasteiger charge is -2.50. The Bertz CT molecular complexity index is 1520. The van der Waals surface area contributed by atoms with Crippen molar-refractivity contribution >= 4 is 47.2 Å². The van der Waals surface area contributed by atoms with Crippen LogP contribution in [0.15, 0.2) is 58.8 Å². The zero-order chi connectivity index (χ0) is 29.7. The number of pyridine rings is 1. The second-order valence-corrected chi connectivity index (χ2v) is 10.3. The number of carbonyl (C=O) groups is 4. The number of hydrogen-bond acceptors (Lipinski definition) is 9. The van der Waals surface area contributed by atoms with Crippen LogP contribution < -0.4 is 20.3 Å². The SMILES string of the molecule is CCO/N=C(\C)C(=O)NC1C(=O)N2C(C(=O)[O-])=C(C[n+]3ccc(-c4c[nH]c(/C=C(\C)C(=O)NC#N)c4)cc3)CSC12. The summed E-state index contributed by atoms with van der Waals surface area (Å²) in [4.78, 5) is 58.2. The molecule has 1 fully saturated rings. The topological polar surface area (TPSA) is 184 Å². The Balaban J connectivity index is 1.46. The van der Waals surface area contributed by atoms with Crippen LogP contribution in [0.3, 0.4) is 0 Å². The van der Waals surface area contributed by atoms with E-state index < -0.39 is 35.1 Å². The van der Waals surface area contributed by atoms with Crippen LogP contribution in [0.25, 0.3) is 17.2 Å². The summed E-state index contributed by atoms with van der Waals surface area (Å²) in [6.07, 6.45) is 8.60. The van der Waals surface area contributed by atoms with E-state index in [1.165, 1.54) is 23.6 Å². The van der Waals surface area contributed by atoms with Crippen molar-refractivity contribution in [1.82, 2.24) is 20.5 Å². The van der Waals surface area contributed by atoms with Gasteiger partial charge in [0.05, 0.1) is 11.7 Å². The van der Waals surface area contributed by atoms with E-state index in [0.29, 0.717) is 29.2 Å². The van der Waals surface area contributed by atoms with Gasteiger partial charge in [-0.1, -0.05) is 5.16 Å². The Labute approximate surface area is 239 Å². The third-order valence-corrected chi connectivity index (χ3v) is 7.73. The molecule has 2 aliphatic rings. The Morgan fingerprint density at radius 1 is 1.29 bits per heavy atom. The maximum Gasteiger partial charge on any atom is 0.269 e. The first-order valence-electron chi connectivity index (χ1n) is 12.6.